The number of benzene rings is 1. The number of rotatable bonds is 6. The molecule has 0 aliphatic rings. The predicted octanol–water partition coefficient (Wildman–Crippen LogP) is 0.740. The van der Waals surface area contributed by atoms with Crippen LogP contribution in [0.5, 0.6) is 5.75 Å². The van der Waals surface area contributed by atoms with E-state index in [9.17, 15) is 4.79 Å². The van der Waals surface area contributed by atoms with Gasteiger partial charge in [-0.2, -0.15) is 5.10 Å². The maximum atomic E-state index is 11.6. The largest absolute Gasteiger partial charge is 0.484 e. The molecule has 0 aliphatic heterocycles. The molecule has 1 aromatic heterocycles. The van der Waals surface area contributed by atoms with Gasteiger partial charge < -0.3 is 15.8 Å². The van der Waals surface area contributed by atoms with Gasteiger partial charge >= 0.3 is 0 Å². The number of carbonyl (C=O) groups is 1. The Labute approximate surface area is 117 Å². The van der Waals surface area contributed by atoms with Gasteiger partial charge in [-0.1, -0.05) is 6.07 Å². The molecular formula is C14H18N4O2. The monoisotopic (exact) mass is 274 g/mol. The van der Waals surface area contributed by atoms with Gasteiger partial charge in [-0.05, 0) is 24.1 Å². The molecule has 2 aromatic rings. The first-order valence-electron chi connectivity index (χ1n) is 6.36. The van der Waals surface area contributed by atoms with E-state index in [1.165, 1.54) is 0 Å². The number of aromatic nitrogens is 2. The van der Waals surface area contributed by atoms with Crippen molar-refractivity contribution in [1.29, 1.82) is 0 Å². The van der Waals surface area contributed by atoms with Gasteiger partial charge in [0.1, 0.15) is 5.75 Å². The number of carbonyl (C=O) groups excluding carboxylic acids is 1. The van der Waals surface area contributed by atoms with Crippen molar-refractivity contribution in [2.75, 3.05) is 18.9 Å². The molecule has 0 radical (unpaired) electrons. The lowest BCUT2D eigenvalue weighted by atomic mass is 10.2. The van der Waals surface area contributed by atoms with Crippen molar-refractivity contribution >= 4 is 11.6 Å². The topological polar surface area (TPSA) is 82.2 Å². The Morgan fingerprint density at radius 3 is 3.05 bits per heavy atom. The highest BCUT2D eigenvalue weighted by molar-refractivity contribution is 5.77. The summed E-state index contributed by atoms with van der Waals surface area (Å²) in [6.45, 7) is 0.543. The molecule has 1 heterocycles. The Bertz CT molecular complexity index is 580. The van der Waals surface area contributed by atoms with Gasteiger partial charge in [0, 0.05) is 31.5 Å². The number of nitrogen functional groups attached to an aromatic ring is 1. The lowest BCUT2D eigenvalue weighted by Gasteiger charge is -2.07. The normalized spacial score (nSPS) is 10.2. The van der Waals surface area contributed by atoms with Gasteiger partial charge in [0.25, 0.3) is 5.91 Å². The maximum Gasteiger partial charge on any atom is 0.257 e. The Kier molecular flexibility index (Phi) is 4.60. The summed E-state index contributed by atoms with van der Waals surface area (Å²) in [5, 5.41) is 6.86. The molecule has 106 valence electrons. The third-order valence-corrected chi connectivity index (χ3v) is 2.72. The highest BCUT2D eigenvalue weighted by atomic mass is 16.5. The Hall–Kier alpha value is -2.50. The number of aryl methyl sites for hydroxylation is 1. The molecule has 0 aliphatic carbocycles. The second-order valence-electron chi connectivity index (χ2n) is 4.48. The van der Waals surface area contributed by atoms with Gasteiger partial charge in [-0.3, -0.25) is 9.48 Å². The number of hydrogen-bond acceptors (Lipinski definition) is 4. The van der Waals surface area contributed by atoms with Crippen molar-refractivity contribution in [3.63, 3.8) is 0 Å². The lowest BCUT2D eigenvalue weighted by molar-refractivity contribution is -0.123. The Morgan fingerprint density at radius 2 is 2.35 bits per heavy atom. The van der Waals surface area contributed by atoms with Crippen LogP contribution in [0.1, 0.15) is 5.56 Å². The molecule has 3 N–H and O–H groups in total. The summed E-state index contributed by atoms with van der Waals surface area (Å²) in [5.41, 5.74) is 7.32. The third-order valence-electron chi connectivity index (χ3n) is 2.72. The quantitative estimate of drug-likeness (QED) is 0.761. The summed E-state index contributed by atoms with van der Waals surface area (Å²) in [4.78, 5) is 11.6. The summed E-state index contributed by atoms with van der Waals surface area (Å²) >= 11 is 0. The molecule has 0 atom stereocenters. The van der Waals surface area contributed by atoms with E-state index in [2.05, 4.69) is 10.4 Å². The molecule has 0 saturated carbocycles. The molecule has 0 bridgehead atoms. The number of nitrogens with zero attached hydrogens (tertiary/aromatic N) is 2. The summed E-state index contributed by atoms with van der Waals surface area (Å²) in [6, 6.07) is 6.99. The number of anilines is 1. The minimum Gasteiger partial charge on any atom is -0.484 e. The lowest BCUT2D eigenvalue weighted by Crippen LogP contribution is -2.30. The van der Waals surface area contributed by atoms with Crippen molar-refractivity contribution in [3.8, 4) is 5.75 Å². The van der Waals surface area contributed by atoms with E-state index in [0.29, 0.717) is 18.0 Å². The molecule has 0 unspecified atom stereocenters. The van der Waals surface area contributed by atoms with Gasteiger partial charge in [0.2, 0.25) is 0 Å². The fourth-order valence-corrected chi connectivity index (χ4v) is 1.75. The van der Waals surface area contributed by atoms with E-state index >= 15 is 0 Å². The van der Waals surface area contributed by atoms with Crippen LogP contribution in [0, 0.1) is 0 Å². The van der Waals surface area contributed by atoms with E-state index < -0.39 is 0 Å². The summed E-state index contributed by atoms with van der Waals surface area (Å²) in [6.07, 6.45) is 4.46. The maximum absolute atomic E-state index is 11.6. The molecule has 6 heteroatoms. The van der Waals surface area contributed by atoms with E-state index in [1.807, 2.05) is 13.2 Å². The second-order valence-corrected chi connectivity index (χ2v) is 4.48. The van der Waals surface area contributed by atoms with Crippen molar-refractivity contribution in [3.05, 3.63) is 42.2 Å². The van der Waals surface area contributed by atoms with Crippen LogP contribution < -0.4 is 15.8 Å². The fourth-order valence-electron chi connectivity index (χ4n) is 1.75. The number of amides is 1. The first kappa shape index (κ1) is 13.9. The highest BCUT2D eigenvalue weighted by Crippen LogP contribution is 2.13. The minimum atomic E-state index is -0.156. The molecule has 1 aromatic carbocycles. The first-order chi connectivity index (χ1) is 9.63. The summed E-state index contributed by atoms with van der Waals surface area (Å²) in [7, 11) is 1.86. The SMILES string of the molecule is Cn1cc(CCNC(=O)COc2cccc(N)c2)cn1. The molecule has 1 amide bonds. The minimum absolute atomic E-state index is 0.0174. The number of ether oxygens (including phenoxy) is 1. The van der Waals surface area contributed by atoms with Crippen molar-refractivity contribution in [1.82, 2.24) is 15.1 Å². The second kappa shape index (κ2) is 6.60. The molecular weight excluding hydrogens is 256 g/mol. The van der Waals surface area contributed by atoms with Crippen LogP contribution in [0.25, 0.3) is 0 Å². The van der Waals surface area contributed by atoms with Gasteiger partial charge in [0.05, 0.1) is 6.20 Å². The van der Waals surface area contributed by atoms with Crippen molar-refractivity contribution in [2.45, 2.75) is 6.42 Å². The van der Waals surface area contributed by atoms with Crippen molar-refractivity contribution < 1.29 is 9.53 Å². The van der Waals surface area contributed by atoms with E-state index in [0.717, 1.165) is 12.0 Å². The molecule has 0 fully saturated rings. The van der Waals surface area contributed by atoms with Crippen LogP contribution in [-0.2, 0) is 18.3 Å². The van der Waals surface area contributed by atoms with Crippen LogP contribution >= 0.6 is 0 Å². The molecule has 20 heavy (non-hydrogen) atoms. The van der Waals surface area contributed by atoms with Crippen molar-refractivity contribution in [2.24, 2.45) is 7.05 Å². The number of nitrogens with two attached hydrogens (primary N) is 1. The fraction of sp³-hybridized carbons (Fsp3) is 0.286. The zero-order valence-electron chi connectivity index (χ0n) is 11.4. The zero-order chi connectivity index (χ0) is 14.4. The first-order valence-corrected chi connectivity index (χ1v) is 6.36. The highest BCUT2D eigenvalue weighted by Gasteiger charge is 2.03. The third kappa shape index (κ3) is 4.31. The predicted molar refractivity (Wildman–Crippen MR) is 76.3 cm³/mol. The smallest absolute Gasteiger partial charge is 0.257 e. The summed E-state index contributed by atoms with van der Waals surface area (Å²) in [5.74, 6) is 0.434. The molecule has 2 rings (SSSR count). The van der Waals surface area contributed by atoms with Crippen LogP contribution in [0.2, 0.25) is 0 Å². The van der Waals surface area contributed by atoms with E-state index in [4.69, 9.17) is 10.5 Å². The van der Waals surface area contributed by atoms with Gasteiger partial charge in [-0.15, -0.1) is 0 Å². The van der Waals surface area contributed by atoms with Crippen LogP contribution in [0.3, 0.4) is 0 Å². The zero-order valence-corrected chi connectivity index (χ0v) is 11.4. The average molecular weight is 274 g/mol. The van der Waals surface area contributed by atoms with E-state index in [1.54, 1.807) is 35.1 Å². The van der Waals surface area contributed by atoms with Crippen LogP contribution in [0.4, 0.5) is 5.69 Å². The number of nitrogens with one attached hydrogen (secondary N) is 1. The Morgan fingerprint density at radius 1 is 1.50 bits per heavy atom. The summed E-state index contributed by atoms with van der Waals surface area (Å²) < 4.78 is 7.08. The van der Waals surface area contributed by atoms with Gasteiger partial charge in [-0.25, -0.2) is 0 Å². The van der Waals surface area contributed by atoms with Crippen LogP contribution in [0.15, 0.2) is 36.7 Å². The molecule has 6 nitrogen and oxygen atoms in total. The van der Waals surface area contributed by atoms with Crippen LogP contribution in [-0.4, -0.2) is 28.8 Å². The van der Waals surface area contributed by atoms with Gasteiger partial charge in [0.15, 0.2) is 6.61 Å². The Balaban J connectivity index is 1.68. The van der Waals surface area contributed by atoms with E-state index in [-0.39, 0.29) is 12.5 Å². The molecule has 0 spiro atoms. The number of hydrogen-bond donors (Lipinski definition) is 2. The molecule has 0 saturated heterocycles. The average Bonchev–Trinajstić information content (AvgIpc) is 2.82. The standard InChI is InChI=1S/C14H18N4O2/c1-18-9-11(8-17-18)5-6-16-14(19)10-20-13-4-2-3-12(15)7-13/h2-4,7-9H,5-6,10,15H2,1H3,(H,16,19).